The van der Waals surface area contributed by atoms with Gasteiger partial charge in [0.25, 0.3) is 0 Å². The van der Waals surface area contributed by atoms with Crippen LogP contribution < -0.4 is 0 Å². The molecule has 0 atom stereocenters. The van der Waals surface area contributed by atoms with Gasteiger partial charge >= 0.3 is 0 Å². The SMILES string of the molecule is CN(C)CCc1nc(-c2cccc(C#N)c2)cs1. The van der Waals surface area contributed by atoms with Gasteiger partial charge in [0.1, 0.15) is 0 Å². The van der Waals surface area contributed by atoms with Crippen LogP contribution in [0.25, 0.3) is 11.3 Å². The second-order valence-electron chi connectivity index (χ2n) is 4.37. The van der Waals surface area contributed by atoms with Crippen LogP contribution in [0.4, 0.5) is 0 Å². The van der Waals surface area contributed by atoms with Gasteiger partial charge in [0.2, 0.25) is 0 Å². The number of nitriles is 1. The van der Waals surface area contributed by atoms with Gasteiger partial charge in [-0.25, -0.2) is 4.98 Å². The molecule has 0 bridgehead atoms. The predicted molar refractivity (Wildman–Crippen MR) is 74.5 cm³/mol. The zero-order valence-corrected chi connectivity index (χ0v) is 11.4. The smallest absolute Gasteiger partial charge is 0.0991 e. The van der Waals surface area contributed by atoms with E-state index in [2.05, 4.69) is 35.4 Å². The molecule has 0 radical (unpaired) electrons. The van der Waals surface area contributed by atoms with E-state index < -0.39 is 0 Å². The lowest BCUT2D eigenvalue weighted by Crippen LogP contribution is -2.14. The van der Waals surface area contributed by atoms with Gasteiger partial charge in [-0.05, 0) is 26.2 Å². The Morgan fingerprint density at radius 3 is 2.94 bits per heavy atom. The van der Waals surface area contributed by atoms with Gasteiger partial charge < -0.3 is 4.90 Å². The van der Waals surface area contributed by atoms with E-state index in [1.807, 2.05) is 24.3 Å². The van der Waals surface area contributed by atoms with Crippen molar-refractivity contribution in [3.8, 4) is 17.3 Å². The Balaban J connectivity index is 2.16. The Morgan fingerprint density at radius 1 is 1.39 bits per heavy atom. The summed E-state index contributed by atoms with van der Waals surface area (Å²) < 4.78 is 0. The summed E-state index contributed by atoms with van der Waals surface area (Å²) in [6.07, 6.45) is 0.968. The molecule has 0 unspecified atom stereocenters. The standard InChI is InChI=1S/C14H15N3S/c1-17(2)7-6-14-16-13(10-18-14)12-5-3-4-11(8-12)9-15/h3-5,8,10H,6-7H2,1-2H3. The number of hydrogen-bond donors (Lipinski definition) is 0. The minimum absolute atomic E-state index is 0.676. The van der Waals surface area contributed by atoms with E-state index in [0.717, 1.165) is 29.2 Å². The minimum atomic E-state index is 0.676. The van der Waals surface area contributed by atoms with Gasteiger partial charge in [-0.1, -0.05) is 12.1 Å². The Kier molecular flexibility index (Phi) is 4.08. The Labute approximate surface area is 111 Å². The first-order chi connectivity index (χ1) is 8.69. The van der Waals surface area contributed by atoms with Crippen molar-refractivity contribution in [1.29, 1.82) is 5.26 Å². The van der Waals surface area contributed by atoms with Gasteiger partial charge in [0.05, 0.1) is 22.3 Å². The molecule has 0 spiro atoms. The Hall–Kier alpha value is -1.70. The molecule has 0 fully saturated rings. The number of rotatable bonds is 4. The summed E-state index contributed by atoms with van der Waals surface area (Å²) in [5, 5.41) is 12.1. The van der Waals surface area contributed by atoms with Crippen LogP contribution in [-0.4, -0.2) is 30.5 Å². The van der Waals surface area contributed by atoms with Crippen LogP contribution in [0, 0.1) is 11.3 Å². The number of likely N-dealkylation sites (N-methyl/N-ethyl adjacent to an activating group) is 1. The molecule has 92 valence electrons. The number of aromatic nitrogens is 1. The van der Waals surface area contributed by atoms with Gasteiger partial charge in [-0.15, -0.1) is 11.3 Å². The zero-order valence-electron chi connectivity index (χ0n) is 10.6. The molecule has 0 aliphatic carbocycles. The van der Waals surface area contributed by atoms with Crippen LogP contribution in [0.15, 0.2) is 29.6 Å². The topological polar surface area (TPSA) is 39.9 Å². The summed E-state index contributed by atoms with van der Waals surface area (Å²) in [7, 11) is 4.12. The van der Waals surface area contributed by atoms with Gasteiger partial charge in [-0.3, -0.25) is 0 Å². The molecule has 4 heteroatoms. The van der Waals surface area contributed by atoms with Crippen molar-refractivity contribution in [2.75, 3.05) is 20.6 Å². The molecule has 0 saturated carbocycles. The summed E-state index contributed by atoms with van der Waals surface area (Å²) in [4.78, 5) is 6.76. The molecule has 2 rings (SSSR count). The first-order valence-electron chi connectivity index (χ1n) is 5.78. The summed E-state index contributed by atoms with van der Waals surface area (Å²) in [6.45, 7) is 1.01. The highest BCUT2D eigenvalue weighted by atomic mass is 32.1. The fourth-order valence-electron chi connectivity index (χ4n) is 1.63. The lowest BCUT2D eigenvalue weighted by molar-refractivity contribution is 0.413. The summed E-state index contributed by atoms with van der Waals surface area (Å²) >= 11 is 1.68. The van der Waals surface area contributed by atoms with E-state index in [1.54, 1.807) is 11.3 Å². The molecule has 18 heavy (non-hydrogen) atoms. The maximum atomic E-state index is 8.89. The first-order valence-corrected chi connectivity index (χ1v) is 6.66. The minimum Gasteiger partial charge on any atom is -0.309 e. The number of hydrogen-bond acceptors (Lipinski definition) is 4. The van der Waals surface area contributed by atoms with Crippen LogP contribution in [-0.2, 0) is 6.42 Å². The van der Waals surface area contributed by atoms with E-state index in [1.165, 1.54) is 0 Å². The maximum absolute atomic E-state index is 8.89. The second-order valence-corrected chi connectivity index (χ2v) is 5.32. The first kappa shape index (κ1) is 12.7. The third-order valence-corrected chi connectivity index (χ3v) is 3.52. The van der Waals surface area contributed by atoms with Crippen molar-refractivity contribution >= 4 is 11.3 Å². The van der Waals surface area contributed by atoms with Crippen molar-refractivity contribution in [3.63, 3.8) is 0 Å². The van der Waals surface area contributed by atoms with Gasteiger partial charge in [0, 0.05) is 23.9 Å². The maximum Gasteiger partial charge on any atom is 0.0991 e. The van der Waals surface area contributed by atoms with E-state index in [9.17, 15) is 0 Å². The highest BCUT2D eigenvalue weighted by Gasteiger charge is 2.05. The molecule has 2 aromatic rings. The third kappa shape index (κ3) is 3.16. The van der Waals surface area contributed by atoms with Crippen LogP contribution in [0.2, 0.25) is 0 Å². The van der Waals surface area contributed by atoms with Crippen molar-refractivity contribution in [1.82, 2.24) is 9.88 Å². The zero-order chi connectivity index (χ0) is 13.0. The molecule has 0 saturated heterocycles. The molecule has 0 aliphatic heterocycles. The highest BCUT2D eigenvalue weighted by Crippen LogP contribution is 2.22. The summed E-state index contributed by atoms with van der Waals surface area (Å²) in [5.74, 6) is 0. The quantitative estimate of drug-likeness (QED) is 0.845. The molecule has 0 N–H and O–H groups in total. The molecular formula is C14H15N3S. The van der Waals surface area contributed by atoms with Crippen LogP contribution in [0.1, 0.15) is 10.6 Å². The third-order valence-electron chi connectivity index (χ3n) is 2.61. The molecule has 0 aliphatic rings. The van der Waals surface area contributed by atoms with Crippen molar-refractivity contribution in [3.05, 3.63) is 40.2 Å². The van der Waals surface area contributed by atoms with E-state index in [0.29, 0.717) is 5.56 Å². The highest BCUT2D eigenvalue weighted by molar-refractivity contribution is 7.09. The molecular weight excluding hydrogens is 242 g/mol. The summed E-state index contributed by atoms with van der Waals surface area (Å²) in [6, 6.07) is 9.73. The predicted octanol–water partition coefficient (Wildman–Crippen LogP) is 2.79. The van der Waals surface area contributed by atoms with Crippen LogP contribution >= 0.6 is 11.3 Å². The van der Waals surface area contributed by atoms with Gasteiger partial charge in [-0.2, -0.15) is 5.26 Å². The number of nitrogens with zero attached hydrogens (tertiary/aromatic N) is 3. The second kappa shape index (κ2) is 5.76. The Morgan fingerprint density at radius 2 is 2.22 bits per heavy atom. The van der Waals surface area contributed by atoms with E-state index in [4.69, 9.17) is 5.26 Å². The molecule has 0 amide bonds. The molecule has 3 nitrogen and oxygen atoms in total. The lowest BCUT2D eigenvalue weighted by atomic mass is 10.1. The average molecular weight is 257 g/mol. The average Bonchev–Trinajstić information content (AvgIpc) is 2.85. The Bertz CT molecular complexity index is 566. The largest absolute Gasteiger partial charge is 0.309 e. The molecule has 1 aromatic carbocycles. The van der Waals surface area contributed by atoms with Crippen LogP contribution in [0.5, 0.6) is 0 Å². The van der Waals surface area contributed by atoms with Crippen LogP contribution in [0.3, 0.4) is 0 Å². The summed E-state index contributed by atoms with van der Waals surface area (Å²) in [5.41, 5.74) is 2.66. The lowest BCUT2D eigenvalue weighted by Gasteiger charge is -2.06. The number of benzene rings is 1. The van der Waals surface area contributed by atoms with E-state index in [-0.39, 0.29) is 0 Å². The monoisotopic (exact) mass is 257 g/mol. The molecule has 1 heterocycles. The van der Waals surface area contributed by atoms with Crippen molar-refractivity contribution in [2.45, 2.75) is 6.42 Å². The fourth-order valence-corrected chi connectivity index (χ4v) is 2.42. The van der Waals surface area contributed by atoms with Crippen molar-refractivity contribution < 1.29 is 0 Å². The number of thiazole rings is 1. The van der Waals surface area contributed by atoms with E-state index >= 15 is 0 Å². The van der Waals surface area contributed by atoms with Crippen molar-refractivity contribution in [2.24, 2.45) is 0 Å². The fraction of sp³-hybridized carbons (Fsp3) is 0.286. The molecule has 1 aromatic heterocycles. The van der Waals surface area contributed by atoms with Gasteiger partial charge in [0.15, 0.2) is 0 Å². The normalized spacial score (nSPS) is 10.6.